The number of carbonyl (C=O) groups excluding carboxylic acids is 2. The van der Waals surface area contributed by atoms with Crippen molar-refractivity contribution in [2.24, 2.45) is 0 Å². The lowest BCUT2D eigenvalue weighted by Gasteiger charge is -2.03. The molecule has 0 spiro atoms. The van der Waals surface area contributed by atoms with Crippen LogP contribution in [0.5, 0.6) is 0 Å². The zero-order chi connectivity index (χ0) is 15.2. The van der Waals surface area contributed by atoms with Gasteiger partial charge in [0, 0.05) is 22.3 Å². The molecule has 3 N–H and O–H groups in total. The largest absolute Gasteiger partial charge is 0.357 e. The van der Waals surface area contributed by atoms with Gasteiger partial charge in [-0.15, -0.1) is 0 Å². The SMILES string of the molecule is O=C(/C=C/c1cc(Br)ccc1F)NNC(=O)c1ccc[nH]1. The number of rotatable bonds is 3. The van der Waals surface area contributed by atoms with Crippen LogP contribution in [0.2, 0.25) is 0 Å². The molecule has 1 aromatic heterocycles. The standard InChI is InChI=1S/C14H11BrFN3O2/c15-10-4-5-11(16)9(8-10)3-6-13(20)18-19-14(21)12-2-1-7-17-12/h1-8,17H,(H,18,20)(H,19,21)/b6-3+. The monoisotopic (exact) mass is 351 g/mol. The predicted octanol–water partition coefficient (Wildman–Crippen LogP) is 2.39. The van der Waals surface area contributed by atoms with E-state index in [1.54, 1.807) is 24.4 Å². The quantitative estimate of drug-likeness (QED) is 0.586. The van der Waals surface area contributed by atoms with Gasteiger partial charge in [-0.05, 0) is 36.4 Å². The predicted molar refractivity (Wildman–Crippen MR) is 79.5 cm³/mol. The molecule has 1 aromatic carbocycles. The van der Waals surface area contributed by atoms with Gasteiger partial charge in [0.25, 0.3) is 11.8 Å². The van der Waals surface area contributed by atoms with Gasteiger partial charge < -0.3 is 4.98 Å². The maximum absolute atomic E-state index is 13.4. The minimum atomic E-state index is -0.575. The highest BCUT2D eigenvalue weighted by Crippen LogP contribution is 2.16. The number of nitrogens with one attached hydrogen (secondary N) is 3. The molecule has 0 bridgehead atoms. The highest BCUT2D eigenvalue weighted by Gasteiger charge is 2.06. The summed E-state index contributed by atoms with van der Waals surface area (Å²) in [6.07, 6.45) is 4.03. The molecule has 0 saturated heterocycles. The van der Waals surface area contributed by atoms with E-state index >= 15 is 0 Å². The Morgan fingerprint density at radius 2 is 2.05 bits per heavy atom. The van der Waals surface area contributed by atoms with E-state index in [9.17, 15) is 14.0 Å². The molecular weight excluding hydrogens is 341 g/mol. The average molecular weight is 352 g/mol. The van der Waals surface area contributed by atoms with E-state index in [2.05, 4.69) is 31.8 Å². The third-order valence-electron chi connectivity index (χ3n) is 2.51. The Balaban J connectivity index is 1.91. The Morgan fingerprint density at radius 1 is 1.24 bits per heavy atom. The average Bonchev–Trinajstić information content (AvgIpc) is 3.00. The molecule has 0 fully saturated rings. The van der Waals surface area contributed by atoms with Gasteiger partial charge in [0.1, 0.15) is 11.5 Å². The van der Waals surface area contributed by atoms with Gasteiger partial charge in [0.05, 0.1) is 0 Å². The maximum Gasteiger partial charge on any atom is 0.286 e. The highest BCUT2D eigenvalue weighted by atomic mass is 79.9. The first-order valence-corrected chi connectivity index (χ1v) is 6.72. The van der Waals surface area contributed by atoms with Crippen molar-refractivity contribution >= 4 is 33.8 Å². The van der Waals surface area contributed by atoms with E-state index in [1.165, 1.54) is 18.2 Å². The van der Waals surface area contributed by atoms with E-state index in [-0.39, 0.29) is 5.56 Å². The van der Waals surface area contributed by atoms with E-state index in [1.807, 2.05) is 0 Å². The molecule has 2 amide bonds. The lowest BCUT2D eigenvalue weighted by atomic mass is 10.2. The highest BCUT2D eigenvalue weighted by molar-refractivity contribution is 9.10. The third kappa shape index (κ3) is 4.28. The lowest BCUT2D eigenvalue weighted by Crippen LogP contribution is -2.40. The van der Waals surface area contributed by atoms with Crippen molar-refractivity contribution in [3.8, 4) is 0 Å². The Morgan fingerprint density at radius 3 is 2.76 bits per heavy atom. The molecule has 2 rings (SSSR count). The first-order chi connectivity index (χ1) is 10.1. The lowest BCUT2D eigenvalue weighted by molar-refractivity contribution is -0.117. The molecule has 0 radical (unpaired) electrons. The van der Waals surface area contributed by atoms with Gasteiger partial charge in [-0.1, -0.05) is 15.9 Å². The topological polar surface area (TPSA) is 74.0 Å². The van der Waals surface area contributed by atoms with E-state index in [4.69, 9.17) is 0 Å². The van der Waals surface area contributed by atoms with E-state index in [0.29, 0.717) is 10.2 Å². The number of aromatic nitrogens is 1. The normalized spacial score (nSPS) is 10.6. The maximum atomic E-state index is 13.4. The summed E-state index contributed by atoms with van der Waals surface area (Å²) in [5, 5.41) is 0. The van der Waals surface area contributed by atoms with Crippen LogP contribution in [0.25, 0.3) is 6.08 Å². The third-order valence-corrected chi connectivity index (χ3v) is 3.01. The zero-order valence-electron chi connectivity index (χ0n) is 10.7. The van der Waals surface area contributed by atoms with Crippen molar-refractivity contribution in [3.05, 3.63) is 64.2 Å². The minimum absolute atomic E-state index is 0.259. The van der Waals surface area contributed by atoms with Crippen molar-refractivity contribution in [2.75, 3.05) is 0 Å². The van der Waals surface area contributed by atoms with E-state index < -0.39 is 17.6 Å². The fourth-order valence-electron chi connectivity index (χ4n) is 1.51. The minimum Gasteiger partial charge on any atom is -0.357 e. The van der Waals surface area contributed by atoms with Gasteiger partial charge in [-0.3, -0.25) is 20.4 Å². The first kappa shape index (κ1) is 15.0. The van der Waals surface area contributed by atoms with Crippen molar-refractivity contribution in [1.82, 2.24) is 15.8 Å². The molecule has 7 heteroatoms. The van der Waals surface area contributed by atoms with Crippen molar-refractivity contribution in [1.29, 1.82) is 0 Å². The Hall–Kier alpha value is -2.41. The van der Waals surface area contributed by atoms with Crippen molar-refractivity contribution < 1.29 is 14.0 Å². The van der Waals surface area contributed by atoms with Crippen LogP contribution in [0.3, 0.4) is 0 Å². The molecule has 2 aromatic rings. The summed E-state index contributed by atoms with van der Waals surface area (Å²) in [6, 6.07) is 7.61. The molecule has 21 heavy (non-hydrogen) atoms. The second-order valence-electron chi connectivity index (χ2n) is 4.03. The summed E-state index contributed by atoms with van der Waals surface area (Å²) in [6.45, 7) is 0. The van der Waals surface area contributed by atoms with Crippen LogP contribution in [0.15, 0.2) is 47.1 Å². The number of aromatic amines is 1. The van der Waals surface area contributed by atoms with Crippen LogP contribution in [-0.2, 0) is 4.79 Å². The fraction of sp³-hybridized carbons (Fsp3) is 0. The van der Waals surface area contributed by atoms with Gasteiger partial charge in [-0.25, -0.2) is 4.39 Å². The van der Waals surface area contributed by atoms with Gasteiger partial charge >= 0.3 is 0 Å². The van der Waals surface area contributed by atoms with Gasteiger partial charge in [0.2, 0.25) is 0 Å². The molecule has 0 saturated carbocycles. The van der Waals surface area contributed by atoms with Crippen LogP contribution in [0.4, 0.5) is 4.39 Å². The summed E-state index contributed by atoms with van der Waals surface area (Å²) in [4.78, 5) is 25.8. The molecule has 0 aliphatic carbocycles. The molecule has 0 unspecified atom stereocenters. The number of H-pyrrole nitrogens is 1. The molecule has 0 aliphatic heterocycles. The van der Waals surface area contributed by atoms with Crippen LogP contribution in [0, 0.1) is 5.82 Å². The Labute approximate surface area is 128 Å². The number of carbonyl (C=O) groups is 2. The summed E-state index contributed by atoms with van der Waals surface area (Å²) in [7, 11) is 0. The number of benzene rings is 1. The summed E-state index contributed by atoms with van der Waals surface area (Å²) >= 11 is 3.21. The van der Waals surface area contributed by atoms with E-state index in [0.717, 1.165) is 6.08 Å². The van der Waals surface area contributed by atoms with Crippen molar-refractivity contribution in [3.63, 3.8) is 0 Å². The number of halogens is 2. The van der Waals surface area contributed by atoms with Crippen LogP contribution >= 0.6 is 15.9 Å². The van der Waals surface area contributed by atoms with Crippen LogP contribution in [-0.4, -0.2) is 16.8 Å². The molecule has 0 atom stereocenters. The Bertz CT molecular complexity index is 684. The summed E-state index contributed by atoms with van der Waals surface area (Å²) in [5.41, 5.74) is 5.00. The molecule has 108 valence electrons. The molecular formula is C14H11BrFN3O2. The summed E-state index contributed by atoms with van der Waals surface area (Å²) in [5.74, 6) is -1.50. The zero-order valence-corrected chi connectivity index (χ0v) is 12.3. The number of amides is 2. The summed E-state index contributed by atoms with van der Waals surface area (Å²) < 4.78 is 14.1. The molecule has 5 nitrogen and oxygen atoms in total. The number of hydrogen-bond donors (Lipinski definition) is 3. The smallest absolute Gasteiger partial charge is 0.286 e. The first-order valence-electron chi connectivity index (χ1n) is 5.93. The fourth-order valence-corrected chi connectivity index (χ4v) is 1.89. The Kier molecular flexibility index (Phi) is 4.89. The second kappa shape index (κ2) is 6.85. The molecule has 0 aliphatic rings. The molecule has 1 heterocycles. The van der Waals surface area contributed by atoms with Crippen LogP contribution < -0.4 is 10.9 Å². The van der Waals surface area contributed by atoms with Crippen molar-refractivity contribution in [2.45, 2.75) is 0 Å². The second-order valence-corrected chi connectivity index (χ2v) is 4.94. The van der Waals surface area contributed by atoms with Gasteiger partial charge in [-0.2, -0.15) is 0 Å². The van der Waals surface area contributed by atoms with Crippen LogP contribution in [0.1, 0.15) is 16.1 Å². The van der Waals surface area contributed by atoms with Gasteiger partial charge in [0.15, 0.2) is 0 Å². The number of hydrogen-bond acceptors (Lipinski definition) is 2. The number of hydrazine groups is 1.